The van der Waals surface area contributed by atoms with Crippen LogP contribution in [0.5, 0.6) is 0 Å². The minimum absolute atomic E-state index is 0.00840. The van der Waals surface area contributed by atoms with Crippen molar-refractivity contribution >= 4 is 39.4 Å². The summed E-state index contributed by atoms with van der Waals surface area (Å²) in [4.78, 5) is 32.0. The molecule has 0 bridgehead atoms. The number of carbonyl (C=O) groups is 1. The number of carbonyl (C=O) groups excluding carboxylic acids is 1. The van der Waals surface area contributed by atoms with Crippen LogP contribution in [0.1, 0.15) is 55.9 Å². The van der Waals surface area contributed by atoms with Crippen LogP contribution in [0.4, 0.5) is 0 Å². The van der Waals surface area contributed by atoms with Crippen LogP contribution in [0.15, 0.2) is 64.7 Å². The number of nitrogens with zero attached hydrogens (tertiary/aromatic N) is 4. The number of aromatic nitrogens is 3. The molecule has 0 aliphatic heterocycles. The number of nitriles is 1. The molecule has 1 saturated carbocycles. The summed E-state index contributed by atoms with van der Waals surface area (Å²) in [7, 11) is 0. The molecule has 1 aliphatic carbocycles. The van der Waals surface area contributed by atoms with Gasteiger partial charge in [-0.05, 0) is 36.5 Å². The van der Waals surface area contributed by atoms with Crippen molar-refractivity contribution in [1.82, 2.24) is 14.1 Å². The third-order valence-corrected chi connectivity index (χ3v) is 8.61. The SMILES string of the molecule is CC1CCCC(n2c(SCC(=O)c3cn(CCC#N)c4ccccc34)nc3ccccc3c2=O)C1C. The summed E-state index contributed by atoms with van der Waals surface area (Å²) < 4.78 is 3.85. The zero-order valence-corrected chi connectivity index (χ0v) is 21.5. The summed E-state index contributed by atoms with van der Waals surface area (Å²) in [5, 5.41) is 11.2. The van der Waals surface area contributed by atoms with Gasteiger partial charge in [0.2, 0.25) is 0 Å². The van der Waals surface area contributed by atoms with E-state index in [0.717, 1.165) is 23.7 Å². The molecule has 4 aromatic rings. The van der Waals surface area contributed by atoms with Crippen LogP contribution in [0.25, 0.3) is 21.8 Å². The number of hydrogen-bond donors (Lipinski definition) is 0. The van der Waals surface area contributed by atoms with Gasteiger partial charge in [0.05, 0.1) is 29.1 Å². The van der Waals surface area contributed by atoms with E-state index in [4.69, 9.17) is 10.2 Å². The van der Waals surface area contributed by atoms with Gasteiger partial charge in [0.25, 0.3) is 5.56 Å². The molecule has 6 nitrogen and oxygen atoms in total. The Morgan fingerprint density at radius 1 is 1.11 bits per heavy atom. The van der Waals surface area contributed by atoms with Gasteiger partial charge in [-0.1, -0.05) is 68.8 Å². The van der Waals surface area contributed by atoms with Gasteiger partial charge in [0, 0.05) is 35.2 Å². The monoisotopic (exact) mass is 498 g/mol. The Labute approximate surface area is 214 Å². The van der Waals surface area contributed by atoms with Crippen molar-refractivity contribution in [2.45, 2.75) is 57.3 Å². The molecule has 0 N–H and O–H groups in total. The minimum Gasteiger partial charge on any atom is -0.346 e. The lowest BCUT2D eigenvalue weighted by atomic mass is 9.78. The zero-order valence-electron chi connectivity index (χ0n) is 20.7. The van der Waals surface area contributed by atoms with E-state index in [-0.39, 0.29) is 23.1 Å². The molecule has 1 fully saturated rings. The van der Waals surface area contributed by atoms with E-state index in [1.165, 1.54) is 18.2 Å². The minimum atomic E-state index is -0.0189. The summed E-state index contributed by atoms with van der Waals surface area (Å²) in [6.45, 7) is 5.03. The van der Waals surface area contributed by atoms with Gasteiger partial charge in [-0.3, -0.25) is 14.2 Å². The van der Waals surface area contributed by atoms with Gasteiger partial charge < -0.3 is 4.57 Å². The summed E-state index contributed by atoms with van der Waals surface area (Å²) in [6.07, 6.45) is 5.44. The maximum Gasteiger partial charge on any atom is 0.262 e. The number of benzene rings is 2. The maximum absolute atomic E-state index is 13.7. The Kier molecular flexibility index (Phi) is 6.97. The number of aryl methyl sites for hydroxylation is 1. The van der Waals surface area contributed by atoms with E-state index < -0.39 is 0 Å². The van der Waals surface area contributed by atoms with Crippen molar-refractivity contribution in [1.29, 1.82) is 5.26 Å². The second-order valence-corrected chi connectivity index (χ2v) is 10.7. The number of hydrogen-bond acceptors (Lipinski definition) is 5. The van der Waals surface area contributed by atoms with Crippen LogP contribution in [0, 0.1) is 23.2 Å². The number of fused-ring (bicyclic) bond motifs is 2. The molecule has 3 atom stereocenters. The fraction of sp³-hybridized carbons (Fsp3) is 0.379. The number of para-hydroxylation sites is 2. The van der Waals surface area contributed by atoms with E-state index in [1.807, 2.05) is 63.9 Å². The predicted molar refractivity (Wildman–Crippen MR) is 144 cm³/mol. The number of thioether (sulfide) groups is 1. The van der Waals surface area contributed by atoms with Crippen molar-refractivity contribution in [3.63, 3.8) is 0 Å². The highest BCUT2D eigenvalue weighted by Gasteiger charge is 2.31. The number of rotatable bonds is 7. The number of ketones is 1. The molecule has 3 unspecified atom stereocenters. The fourth-order valence-electron chi connectivity index (χ4n) is 5.47. The third-order valence-electron chi connectivity index (χ3n) is 7.66. The Bertz CT molecular complexity index is 1530. The Balaban J connectivity index is 1.50. The first kappa shape index (κ1) is 24.3. The molecule has 2 aromatic carbocycles. The predicted octanol–water partition coefficient (Wildman–Crippen LogP) is 6.24. The molecule has 5 rings (SSSR count). The van der Waals surface area contributed by atoms with E-state index >= 15 is 0 Å². The lowest BCUT2D eigenvalue weighted by Gasteiger charge is -2.36. The van der Waals surface area contributed by atoms with Crippen LogP contribution in [0.2, 0.25) is 0 Å². The molecule has 2 heterocycles. The highest BCUT2D eigenvalue weighted by molar-refractivity contribution is 7.99. The van der Waals surface area contributed by atoms with Crippen molar-refractivity contribution in [3.8, 4) is 6.07 Å². The van der Waals surface area contributed by atoms with Crippen molar-refractivity contribution in [2.75, 3.05) is 5.75 Å². The molecule has 1 aliphatic rings. The second kappa shape index (κ2) is 10.3. The summed E-state index contributed by atoms with van der Waals surface area (Å²) >= 11 is 1.35. The largest absolute Gasteiger partial charge is 0.346 e. The first-order chi connectivity index (χ1) is 17.5. The first-order valence-corrected chi connectivity index (χ1v) is 13.6. The molecule has 0 saturated heterocycles. The molecule has 36 heavy (non-hydrogen) atoms. The zero-order chi connectivity index (χ0) is 25.2. The van der Waals surface area contributed by atoms with Crippen molar-refractivity contribution in [2.24, 2.45) is 11.8 Å². The normalized spacial score (nSPS) is 20.0. The Morgan fingerprint density at radius 3 is 2.67 bits per heavy atom. The van der Waals surface area contributed by atoms with Gasteiger partial charge in [-0.2, -0.15) is 5.26 Å². The first-order valence-electron chi connectivity index (χ1n) is 12.6. The molecule has 7 heteroatoms. The number of Topliss-reactive ketones (excluding diaryl/α,β-unsaturated/α-hetero) is 1. The maximum atomic E-state index is 13.7. The molecule has 184 valence electrons. The van der Waals surface area contributed by atoms with E-state index in [2.05, 4.69) is 19.9 Å². The smallest absolute Gasteiger partial charge is 0.262 e. The van der Waals surface area contributed by atoms with Gasteiger partial charge in [-0.25, -0.2) is 4.98 Å². The van der Waals surface area contributed by atoms with Gasteiger partial charge in [0.15, 0.2) is 10.9 Å². The van der Waals surface area contributed by atoms with Crippen LogP contribution >= 0.6 is 11.8 Å². The third kappa shape index (κ3) is 4.46. The fourth-order valence-corrected chi connectivity index (χ4v) is 6.41. The van der Waals surface area contributed by atoms with Gasteiger partial charge in [0.1, 0.15) is 0 Å². The van der Waals surface area contributed by atoms with Crippen LogP contribution in [0.3, 0.4) is 0 Å². The Morgan fingerprint density at radius 2 is 1.86 bits per heavy atom. The molecular formula is C29H30N4O2S. The van der Waals surface area contributed by atoms with E-state index in [0.29, 0.717) is 46.4 Å². The summed E-state index contributed by atoms with van der Waals surface area (Å²) in [5.74, 6) is 1.06. The van der Waals surface area contributed by atoms with Crippen molar-refractivity contribution in [3.05, 3.63) is 70.6 Å². The average molecular weight is 499 g/mol. The molecule has 0 spiro atoms. The topological polar surface area (TPSA) is 80.7 Å². The van der Waals surface area contributed by atoms with Crippen LogP contribution in [-0.4, -0.2) is 25.7 Å². The lowest BCUT2D eigenvalue weighted by molar-refractivity contribution is 0.102. The van der Waals surface area contributed by atoms with Gasteiger partial charge in [-0.15, -0.1) is 0 Å². The highest BCUT2D eigenvalue weighted by atomic mass is 32.2. The molecule has 2 aromatic heterocycles. The highest BCUT2D eigenvalue weighted by Crippen LogP contribution is 2.39. The lowest BCUT2D eigenvalue weighted by Crippen LogP contribution is -2.35. The molecular weight excluding hydrogens is 468 g/mol. The average Bonchev–Trinajstić information content (AvgIpc) is 3.27. The Hall–Kier alpha value is -3.37. The summed E-state index contributed by atoms with van der Waals surface area (Å²) in [5.41, 5.74) is 2.24. The van der Waals surface area contributed by atoms with Crippen LogP contribution in [-0.2, 0) is 6.54 Å². The van der Waals surface area contributed by atoms with Gasteiger partial charge >= 0.3 is 0 Å². The van der Waals surface area contributed by atoms with E-state index in [1.54, 1.807) is 0 Å². The van der Waals surface area contributed by atoms with E-state index in [9.17, 15) is 9.59 Å². The summed E-state index contributed by atoms with van der Waals surface area (Å²) in [6, 6.07) is 17.5. The molecule has 0 amide bonds. The molecule has 0 radical (unpaired) electrons. The van der Waals surface area contributed by atoms with Crippen molar-refractivity contribution < 1.29 is 4.79 Å². The standard InChI is InChI=1S/C29H30N4O2S/c1-19-9-7-14-25(20(19)2)33-28(35)22-11-3-5-12-24(22)31-29(33)36-18-27(34)23-17-32(16-8-15-30)26-13-6-4-10-21(23)26/h3-6,10-13,17,19-20,25H,7-9,14,16,18H2,1-2H3. The van der Waals surface area contributed by atoms with Crippen LogP contribution < -0.4 is 5.56 Å². The second-order valence-electron chi connectivity index (χ2n) is 9.79. The quantitative estimate of drug-likeness (QED) is 0.171.